The number of rotatable bonds is 4. The first kappa shape index (κ1) is 16.7. The van der Waals surface area contributed by atoms with E-state index in [1.54, 1.807) is 23.3 Å². The number of hydrogen-bond acceptors (Lipinski definition) is 4. The van der Waals surface area contributed by atoms with Crippen LogP contribution in [0.5, 0.6) is 0 Å². The Morgan fingerprint density at radius 2 is 1.69 bits per heavy atom. The number of aromatic nitrogens is 1. The second kappa shape index (κ2) is 7.23. The summed E-state index contributed by atoms with van der Waals surface area (Å²) in [6.45, 7) is 0. The summed E-state index contributed by atoms with van der Waals surface area (Å²) in [6.07, 6.45) is 0. The van der Waals surface area contributed by atoms with Crippen LogP contribution in [0.4, 0.5) is 5.69 Å². The highest BCUT2D eigenvalue weighted by molar-refractivity contribution is 7.14. The van der Waals surface area contributed by atoms with E-state index in [-0.39, 0.29) is 5.91 Å². The molecule has 2 heterocycles. The predicted molar refractivity (Wildman–Crippen MR) is 110 cm³/mol. The van der Waals surface area contributed by atoms with E-state index in [1.807, 2.05) is 64.7 Å². The van der Waals surface area contributed by atoms with Gasteiger partial charge >= 0.3 is 0 Å². The van der Waals surface area contributed by atoms with Crippen molar-refractivity contribution >= 4 is 34.3 Å². The van der Waals surface area contributed by atoms with E-state index in [9.17, 15) is 4.79 Å². The molecule has 4 rings (SSSR count). The Hall–Kier alpha value is -2.76. The van der Waals surface area contributed by atoms with E-state index < -0.39 is 0 Å². The lowest BCUT2D eigenvalue weighted by molar-refractivity contribution is 0.0989. The minimum atomic E-state index is -0.105. The highest BCUT2D eigenvalue weighted by Crippen LogP contribution is 2.31. The Bertz CT molecular complexity index is 1020. The molecule has 26 heavy (non-hydrogen) atoms. The van der Waals surface area contributed by atoms with Crippen molar-refractivity contribution in [2.45, 2.75) is 0 Å². The van der Waals surface area contributed by atoms with Gasteiger partial charge in [-0.05, 0) is 23.1 Å². The normalized spacial score (nSPS) is 10.7. The van der Waals surface area contributed by atoms with Crippen LogP contribution < -0.4 is 4.90 Å². The molecule has 2 aromatic heterocycles. The first-order valence-electron chi connectivity index (χ1n) is 8.14. The summed E-state index contributed by atoms with van der Waals surface area (Å²) < 4.78 is 0. The van der Waals surface area contributed by atoms with Crippen LogP contribution in [0, 0.1) is 0 Å². The van der Waals surface area contributed by atoms with Gasteiger partial charge in [0, 0.05) is 28.9 Å². The third-order valence-corrected chi connectivity index (χ3v) is 5.72. The van der Waals surface area contributed by atoms with Crippen molar-refractivity contribution in [2.75, 3.05) is 11.9 Å². The molecular formula is C21H16N2OS2. The zero-order chi connectivity index (χ0) is 17.9. The van der Waals surface area contributed by atoms with Gasteiger partial charge in [0.25, 0.3) is 5.91 Å². The Morgan fingerprint density at radius 1 is 0.923 bits per heavy atom. The van der Waals surface area contributed by atoms with E-state index in [0.29, 0.717) is 5.69 Å². The summed E-state index contributed by atoms with van der Waals surface area (Å²) in [5.41, 5.74) is 4.51. The average molecular weight is 377 g/mol. The van der Waals surface area contributed by atoms with Crippen LogP contribution in [-0.2, 0) is 0 Å². The fraction of sp³-hybridized carbons (Fsp3) is 0.0476. The molecule has 0 saturated carbocycles. The van der Waals surface area contributed by atoms with E-state index in [1.165, 1.54) is 11.3 Å². The summed E-state index contributed by atoms with van der Waals surface area (Å²) in [5.74, 6) is -0.105. The maximum atomic E-state index is 13.0. The van der Waals surface area contributed by atoms with Crippen LogP contribution in [0.3, 0.4) is 0 Å². The van der Waals surface area contributed by atoms with Crippen LogP contribution in [0.1, 0.15) is 10.5 Å². The molecule has 128 valence electrons. The Morgan fingerprint density at radius 3 is 2.46 bits per heavy atom. The molecule has 0 radical (unpaired) electrons. The fourth-order valence-electron chi connectivity index (χ4n) is 2.80. The second-order valence-electron chi connectivity index (χ2n) is 5.80. The highest BCUT2D eigenvalue weighted by atomic mass is 32.1. The van der Waals surface area contributed by atoms with Crippen molar-refractivity contribution in [2.24, 2.45) is 0 Å². The lowest BCUT2D eigenvalue weighted by atomic mass is 10.0. The lowest BCUT2D eigenvalue weighted by Crippen LogP contribution is -2.27. The zero-order valence-electron chi connectivity index (χ0n) is 14.1. The van der Waals surface area contributed by atoms with E-state index in [0.717, 1.165) is 27.4 Å². The zero-order valence-corrected chi connectivity index (χ0v) is 15.8. The largest absolute Gasteiger partial charge is 0.309 e. The van der Waals surface area contributed by atoms with Crippen LogP contribution in [-0.4, -0.2) is 17.9 Å². The van der Waals surface area contributed by atoms with Gasteiger partial charge in [0.15, 0.2) is 0 Å². The maximum absolute atomic E-state index is 13.0. The number of hydrogen-bond donors (Lipinski definition) is 0. The average Bonchev–Trinajstić information content (AvgIpc) is 3.39. The molecule has 0 aliphatic rings. The molecule has 0 fully saturated rings. The quantitative estimate of drug-likeness (QED) is 0.450. The van der Waals surface area contributed by atoms with Crippen LogP contribution in [0.25, 0.3) is 21.7 Å². The molecule has 0 bridgehead atoms. The minimum Gasteiger partial charge on any atom is -0.309 e. The van der Waals surface area contributed by atoms with Crippen molar-refractivity contribution in [1.29, 1.82) is 0 Å². The van der Waals surface area contributed by atoms with Gasteiger partial charge in [0.2, 0.25) is 0 Å². The maximum Gasteiger partial charge on any atom is 0.277 e. The molecular weight excluding hydrogens is 360 g/mol. The van der Waals surface area contributed by atoms with E-state index in [2.05, 4.69) is 17.1 Å². The van der Waals surface area contributed by atoms with Gasteiger partial charge in [0.1, 0.15) is 10.7 Å². The third-order valence-electron chi connectivity index (χ3n) is 4.15. The first-order valence-corrected chi connectivity index (χ1v) is 9.97. The molecule has 0 aliphatic carbocycles. The van der Waals surface area contributed by atoms with Crippen molar-refractivity contribution in [1.82, 2.24) is 4.98 Å². The van der Waals surface area contributed by atoms with E-state index in [4.69, 9.17) is 0 Å². The summed E-state index contributed by atoms with van der Waals surface area (Å²) in [5, 5.41) is 6.76. The van der Waals surface area contributed by atoms with Crippen LogP contribution >= 0.6 is 22.7 Å². The number of anilines is 1. The SMILES string of the molecule is CN(C(=O)c1csc(-c2ccsc2)n1)c1ccccc1-c1ccccc1. The molecule has 0 unspecified atom stereocenters. The monoisotopic (exact) mass is 376 g/mol. The van der Waals surface area contributed by atoms with Crippen molar-refractivity contribution in [3.8, 4) is 21.7 Å². The number of carbonyl (C=O) groups excluding carboxylic acids is 1. The van der Waals surface area contributed by atoms with Crippen molar-refractivity contribution in [3.05, 3.63) is 82.5 Å². The summed E-state index contributed by atoms with van der Waals surface area (Å²) in [7, 11) is 1.80. The highest BCUT2D eigenvalue weighted by Gasteiger charge is 2.20. The first-order chi connectivity index (χ1) is 12.7. The molecule has 0 N–H and O–H groups in total. The third kappa shape index (κ3) is 3.19. The van der Waals surface area contributed by atoms with Crippen molar-refractivity contribution < 1.29 is 4.79 Å². The molecule has 0 saturated heterocycles. The lowest BCUT2D eigenvalue weighted by Gasteiger charge is -2.20. The Kier molecular flexibility index (Phi) is 4.65. The summed E-state index contributed by atoms with van der Waals surface area (Å²) >= 11 is 3.12. The fourth-order valence-corrected chi connectivity index (χ4v) is 4.31. The minimum absolute atomic E-state index is 0.105. The summed E-state index contributed by atoms with van der Waals surface area (Å²) in [4.78, 5) is 19.2. The second-order valence-corrected chi connectivity index (χ2v) is 7.44. The molecule has 2 aromatic carbocycles. The molecule has 3 nitrogen and oxygen atoms in total. The van der Waals surface area contributed by atoms with Crippen LogP contribution in [0.2, 0.25) is 0 Å². The number of benzene rings is 2. The number of nitrogens with zero attached hydrogens (tertiary/aromatic N) is 2. The van der Waals surface area contributed by atoms with Gasteiger partial charge in [-0.1, -0.05) is 48.5 Å². The standard InChI is InChI=1S/C21H16N2OS2/c1-23(19-10-6-5-9-17(19)15-7-3-2-4-8-15)21(24)18-14-26-20(22-18)16-11-12-25-13-16/h2-14H,1H3. The van der Waals surface area contributed by atoms with Crippen LogP contribution in [0.15, 0.2) is 76.8 Å². The topological polar surface area (TPSA) is 33.2 Å². The number of thiophene rings is 1. The predicted octanol–water partition coefficient (Wildman–Crippen LogP) is 5.82. The number of thiazole rings is 1. The molecule has 4 aromatic rings. The van der Waals surface area contributed by atoms with Crippen molar-refractivity contribution in [3.63, 3.8) is 0 Å². The molecule has 5 heteroatoms. The van der Waals surface area contributed by atoms with Gasteiger partial charge in [-0.15, -0.1) is 11.3 Å². The van der Waals surface area contributed by atoms with Gasteiger partial charge in [-0.2, -0.15) is 11.3 Å². The van der Waals surface area contributed by atoms with E-state index >= 15 is 0 Å². The number of carbonyl (C=O) groups is 1. The molecule has 0 spiro atoms. The van der Waals surface area contributed by atoms with Gasteiger partial charge in [-0.25, -0.2) is 4.98 Å². The number of amides is 1. The number of para-hydroxylation sites is 1. The summed E-state index contributed by atoms with van der Waals surface area (Å²) in [6, 6.07) is 20.0. The van der Waals surface area contributed by atoms with Gasteiger partial charge in [-0.3, -0.25) is 4.79 Å². The van der Waals surface area contributed by atoms with Gasteiger partial charge < -0.3 is 4.90 Å². The molecule has 1 amide bonds. The smallest absolute Gasteiger partial charge is 0.277 e. The Labute approximate surface area is 160 Å². The Balaban J connectivity index is 1.66. The van der Waals surface area contributed by atoms with Gasteiger partial charge in [0.05, 0.1) is 5.69 Å². The molecule has 0 atom stereocenters. The molecule has 0 aliphatic heterocycles.